The van der Waals surface area contributed by atoms with E-state index in [-0.39, 0.29) is 5.82 Å². The van der Waals surface area contributed by atoms with Crippen molar-refractivity contribution in [3.8, 4) is 22.4 Å². The number of methoxy groups -OCH3 is 1. The molecule has 0 saturated heterocycles. The van der Waals surface area contributed by atoms with Gasteiger partial charge >= 0.3 is 5.97 Å². The molecular weight excluding hydrogens is 290 g/mol. The van der Waals surface area contributed by atoms with Gasteiger partial charge in [0.2, 0.25) is 0 Å². The fourth-order valence-corrected chi connectivity index (χ4v) is 2.30. The Morgan fingerprint density at radius 1 is 1.04 bits per heavy atom. The minimum Gasteiger partial charge on any atom is -0.465 e. The van der Waals surface area contributed by atoms with Gasteiger partial charge in [-0.15, -0.1) is 0 Å². The highest BCUT2D eigenvalue weighted by atomic mass is 16.5. The molecule has 1 aromatic carbocycles. The van der Waals surface area contributed by atoms with Crippen LogP contribution in [0, 0.1) is 0 Å². The first-order valence-electron chi connectivity index (χ1n) is 7.04. The third-order valence-corrected chi connectivity index (χ3v) is 3.44. The zero-order chi connectivity index (χ0) is 16.2. The summed E-state index contributed by atoms with van der Waals surface area (Å²) in [4.78, 5) is 20.1. The van der Waals surface area contributed by atoms with Crippen molar-refractivity contribution < 1.29 is 9.53 Å². The third-order valence-electron chi connectivity index (χ3n) is 3.44. The summed E-state index contributed by atoms with van der Waals surface area (Å²) in [6.45, 7) is 0. The van der Waals surface area contributed by atoms with Gasteiger partial charge in [-0.25, -0.2) is 9.78 Å². The standard InChI is InChI=1S/C18H15N3O2/c1-23-18(22)15-9-16(21-17(19)10-15)13-6-4-12(5-7-13)14-3-2-8-20-11-14/h2-11H,1H3,(H2,19,21). The molecule has 0 unspecified atom stereocenters. The molecule has 114 valence electrons. The van der Waals surface area contributed by atoms with Gasteiger partial charge < -0.3 is 10.5 Å². The SMILES string of the molecule is COC(=O)c1cc(N)nc(-c2ccc(-c3cccnc3)cc2)c1. The van der Waals surface area contributed by atoms with E-state index in [4.69, 9.17) is 10.5 Å². The number of anilines is 1. The van der Waals surface area contributed by atoms with Crippen molar-refractivity contribution in [1.29, 1.82) is 0 Å². The van der Waals surface area contributed by atoms with Crippen molar-refractivity contribution in [2.75, 3.05) is 12.8 Å². The lowest BCUT2D eigenvalue weighted by molar-refractivity contribution is 0.0600. The van der Waals surface area contributed by atoms with Crippen molar-refractivity contribution in [2.24, 2.45) is 0 Å². The molecular formula is C18H15N3O2. The first kappa shape index (κ1) is 14.7. The summed E-state index contributed by atoms with van der Waals surface area (Å²) in [7, 11) is 1.33. The van der Waals surface area contributed by atoms with E-state index in [9.17, 15) is 4.79 Å². The Morgan fingerprint density at radius 3 is 2.43 bits per heavy atom. The number of hydrogen-bond acceptors (Lipinski definition) is 5. The highest BCUT2D eigenvalue weighted by Gasteiger charge is 2.10. The van der Waals surface area contributed by atoms with Crippen molar-refractivity contribution in [3.05, 3.63) is 66.5 Å². The van der Waals surface area contributed by atoms with Gasteiger partial charge in [0, 0.05) is 18.0 Å². The second-order valence-corrected chi connectivity index (χ2v) is 4.98. The second kappa shape index (κ2) is 6.27. The van der Waals surface area contributed by atoms with Crippen LogP contribution in [0.4, 0.5) is 5.82 Å². The number of benzene rings is 1. The number of rotatable bonds is 3. The number of pyridine rings is 2. The summed E-state index contributed by atoms with van der Waals surface area (Å²) < 4.78 is 4.73. The van der Waals surface area contributed by atoms with E-state index in [0.29, 0.717) is 11.3 Å². The third kappa shape index (κ3) is 3.18. The van der Waals surface area contributed by atoms with E-state index in [2.05, 4.69) is 9.97 Å². The molecule has 0 aliphatic carbocycles. The summed E-state index contributed by atoms with van der Waals surface area (Å²) in [5.41, 5.74) is 9.75. The Hall–Kier alpha value is -3.21. The highest BCUT2D eigenvalue weighted by molar-refractivity contribution is 5.91. The Labute approximate surface area is 133 Å². The Balaban J connectivity index is 1.96. The molecule has 0 aliphatic rings. The van der Waals surface area contributed by atoms with Crippen LogP contribution >= 0.6 is 0 Å². The molecule has 5 nitrogen and oxygen atoms in total. The number of nitrogens with two attached hydrogens (primary N) is 1. The summed E-state index contributed by atoms with van der Waals surface area (Å²) in [5, 5.41) is 0. The number of ether oxygens (including phenoxy) is 1. The smallest absolute Gasteiger partial charge is 0.338 e. The monoisotopic (exact) mass is 305 g/mol. The predicted molar refractivity (Wildman–Crippen MR) is 88.7 cm³/mol. The van der Waals surface area contributed by atoms with Gasteiger partial charge in [-0.3, -0.25) is 4.98 Å². The molecule has 0 spiro atoms. The van der Waals surface area contributed by atoms with Crippen LogP contribution in [0.2, 0.25) is 0 Å². The Bertz CT molecular complexity index is 831. The zero-order valence-electron chi connectivity index (χ0n) is 12.6. The maximum Gasteiger partial charge on any atom is 0.338 e. The molecule has 2 N–H and O–H groups in total. The molecule has 2 heterocycles. The number of carbonyl (C=O) groups excluding carboxylic acids is 1. The fourth-order valence-electron chi connectivity index (χ4n) is 2.30. The molecule has 0 aliphatic heterocycles. The largest absolute Gasteiger partial charge is 0.465 e. The van der Waals surface area contributed by atoms with Crippen molar-refractivity contribution in [3.63, 3.8) is 0 Å². The van der Waals surface area contributed by atoms with Crippen molar-refractivity contribution >= 4 is 11.8 Å². The molecule has 3 rings (SSSR count). The molecule has 0 atom stereocenters. The van der Waals surface area contributed by atoms with E-state index in [1.54, 1.807) is 12.3 Å². The quantitative estimate of drug-likeness (QED) is 0.752. The van der Waals surface area contributed by atoms with Gasteiger partial charge in [-0.1, -0.05) is 30.3 Å². The predicted octanol–water partition coefficient (Wildman–Crippen LogP) is 3.18. The topological polar surface area (TPSA) is 78.1 Å². The molecule has 5 heteroatoms. The van der Waals surface area contributed by atoms with Gasteiger partial charge in [0.1, 0.15) is 5.82 Å². The van der Waals surface area contributed by atoms with E-state index >= 15 is 0 Å². The van der Waals surface area contributed by atoms with Crippen LogP contribution in [0.25, 0.3) is 22.4 Å². The first-order chi connectivity index (χ1) is 11.2. The van der Waals surface area contributed by atoms with Crippen LogP contribution in [0.3, 0.4) is 0 Å². The number of aromatic nitrogens is 2. The summed E-state index contributed by atoms with van der Waals surface area (Å²) in [6, 6.07) is 14.9. The molecule has 0 saturated carbocycles. The van der Waals surface area contributed by atoms with Crippen LogP contribution in [0.15, 0.2) is 60.9 Å². The Kier molecular flexibility index (Phi) is 4.01. The lowest BCUT2D eigenvalue weighted by Gasteiger charge is -2.07. The van der Waals surface area contributed by atoms with Gasteiger partial charge in [0.25, 0.3) is 0 Å². The van der Waals surface area contributed by atoms with Gasteiger partial charge in [-0.2, -0.15) is 0 Å². The molecule has 3 aromatic rings. The summed E-state index contributed by atoms with van der Waals surface area (Å²) in [5.74, 6) is -0.161. The average molecular weight is 305 g/mol. The van der Waals surface area contributed by atoms with E-state index in [1.807, 2.05) is 42.6 Å². The maximum absolute atomic E-state index is 11.7. The zero-order valence-corrected chi connectivity index (χ0v) is 12.6. The van der Waals surface area contributed by atoms with Crippen LogP contribution in [-0.2, 0) is 4.74 Å². The van der Waals surface area contributed by atoms with Gasteiger partial charge in [0.15, 0.2) is 0 Å². The molecule has 0 bridgehead atoms. The number of hydrogen-bond donors (Lipinski definition) is 1. The van der Waals surface area contributed by atoms with Crippen LogP contribution in [-0.4, -0.2) is 23.0 Å². The lowest BCUT2D eigenvalue weighted by Crippen LogP contribution is -2.04. The van der Waals surface area contributed by atoms with Gasteiger partial charge in [-0.05, 0) is 29.3 Å². The molecule has 0 radical (unpaired) electrons. The normalized spacial score (nSPS) is 10.3. The van der Waals surface area contributed by atoms with Crippen molar-refractivity contribution in [1.82, 2.24) is 9.97 Å². The van der Waals surface area contributed by atoms with Crippen LogP contribution < -0.4 is 5.73 Å². The first-order valence-corrected chi connectivity index (χ1v) is 7.04. The van der Waals surface area contributed by atoms with E-state index < -0.39 is 5.97 Å². The molecule has 23 heavy (non-hydrogen) atoms. The lowest BCUT2D eigenvalue weighted by atomic mass is 10.0. The van der Waals surface area contributed by atoms with Crippen LogP contribution in [0.1, 0.15) is 10.4 Å². The second-order valence-electron chi connectivity index (χ2n) is 4.98. The maximum atomic E-state index is 11.7. The minimum absolute atomic E-state index is 0.277. The number of esters is 1. The summed E-state index contributed by atoms with van der Waals surface area (Å²) in [6.07, 6.45) is 3.55. The fraction of sp³-hybridized carbons (Fsp3) is 0.0556. The average Bonchev–Trinajstić information content (AvgIpc) is 2.61. The van der Waals surface area contributed by atoms with E-state index in [0.717, 1.165) is 16.7 Å². The number of nitrogens with zero attached hydrogens (tertiary/aromatic N) is 2. The van der Waals surface area contributed by atoms with E-state index in [1.165, 1.54) is 13.2 Å². The molecule has 2 aromatic heterocycles. The molecule has 0 fully saturated rings. The number of carbonyl (C=O) groups is 1. The van der Waals surface area contributed by atoms with Crippen molar-refractivity contribution in [2.45, 2.75) is 0 Å². The molecule has 0 amide bonds. The highest BCUT2D eigenvalue weighted by Crippen LogP contribution is 2.25. The summed E-state index contributed by atoms with van der Waals surface area (Å²) >= 11 is 0. The van der Waals surface area contributed by atoms with Crippen LogP contribution in [0.5, 0.6) is 0 Å². The Morgan fingerprint density at radius 2 is 1.78 bits per heavy atom. The minimum atomic E-state index is -0.438. The number of nitrogen functional groups attached to an aromatic ring is 1. The van der Waals surface area contributed by atoms with Gasteiger partial charge in [0.05, 0.1) is 18.4 Å².